The molecule has 1 unspecified atom stereocenters. The van der Waals surface area contributed by atoms with Crippen molar-refractivity contribution in [1.82, 2.24) is 0 Å². The van der Waals surface area contributed by atoms with Gasteiger partial charge in [0.25, 0.3) is 0 Å². The Balaban J connectivity index is 2.88. The Kier molecular flexibility index (Phi) is 5.86. The van der Waals surface area contributed by atoms with Gasteiger partial charge < -0.3 is 20.1 Å². The Hall–Kier alpha value is -0.160. The van der Waals surface area contributed by atoms with Crippen LogP contribution < -0.4 is 0 Å². The molecule has 0 aromatic heterocycles. The molecule has 0 aromatic carbocycles. The van der Waals surface area contributed by atoms with Crippen LogP contribution in [0.3, 0.4) is 0 Å². The Bertz CT molecular complexity index is 56.9. The molecule has 3 N–H and O–H groups in total. The highest BCUT2D eigenvalue weighted by molar-refractivity contribution is 4.60. The highest BCUT2D eigenvalue weighted by Gasteiger charge is 2.00. The van der Waals surface area contributed by atoms with Gasteiger partial charge in [0, 0.05) is 0 Å². The zero-order chi connectivity index (χ0) is 7.11. The smallest absolute Gasteiger partial charge is 0.111 e. The molecule has 0 aliphatic rings. The third-order valence-corrected chi connectivity index (χ3v) is 0.696. The lowest BCUT2D eigenvalue weighted by molar-refractivity contribution is 0.0171. The third kappa shape index (κ3) is 5.72. The van der Waals surface area contributed by atoms with Crippen LogP contribution in [0.15, 0.2) is 0 Å². The van der Waals surface area contributed by atoms with Crippen LogP contribution in [-0.4, -0.2) is 41.2 Å². The molecule has 0 heterocycles. The molecule has 4 heteroatoms. The van der Waals surface area contributed by atoms with Crippen LogP contribution >= 0.6 is 0 Å². The van der Waals surface area contributed by atoms with E-state index in [0.717, 1.165) is 0 Å². The molecule has 0 saturated carbocycles. The van der Waals surface area contributed by atoms with Gasteiger partial charge in [0.15, 0.2) is 0 Å². The van der Waals surface area contributed by atoms with E-state index in [9.17, 15) is 0 Å². The fraction of sp³-hybridized carbons (Fsp3) is 0.800. The molecule has 0 fully saturated rings. The average molecular weight is 135 g/mol. The van der Waals surface area contributed by atoms with E-state index in [1.54, 1.807) is 0 Å². The summed E-state index contributed by atoms with van der Waals surface area (Å²) in [5.74, 6) is 0. The van der Waals surface area contributed by atoms with Crippen LogP contribution in [-0.2, 0) is 4.74 Å². The van der Waals surface area contributed by atoms with Crippen LogP contribution in [0.4, 0.5) is 0 Å². The Morgan fingerprint density at radius 3 is 2.67 bits per heavy atom. The maximum Gasteiger partial charge on any atom is 0.111 e. The summed E-state index contributed by atoms with van der Waals surface area (Å²) in [6.07, 6.45) is -0.948. The predicted octanol–water partition coefficient (Wildman–Crippen LogP) is -1.11. The molecule has 0 bridgehead atoms. The summed E-state index contributed by atoms with van der Waals surface area (Å²) in [6, 6.07) is 0. The molecule has 1 radical (unpaired) electrons. The van der Waals surface area contributed by atoms with Gasteiger partial charge in [0.05, 0.1) is 19.8 Å². The Morgan fingerprint density at radius 2 is 2.22 bits per heavy atom. The normalized spacial score (nSPS) is 13.7. The van der Waals surface area contributed by atoms with Crippen molar-refractivity contribution in [3.63, 3.8) is 0 Å². The van der Waals surface area contributed by atoms with Gasteiger partial charge in [-0.15, -0.1) is 0 Å². The zero-order valence-electron chi connectivity index (χ0n) is 5.03. The molecule has 0 rings (SSSR count). The van der Waals surface area contributed by atoms with Crippen molar-refractivity contribution in [3.8, 4) is 0 Å². The minimum atomic E-state index is -0.948. The summed E-state index contributed by atoms with van der Waals surface area (Å²) < 4.78 is 4.64. The van der Waals surface area contributed by atoms with Crippen molar-refractivity contribution in [2.45, 2.75) is 6.10 Å². The first-order chi connectivity index (χ1) is 4.31. The number of aliphatic hydroxyl groups excluding tert-OH is 3. The fourth-order valence-corrected chi connectivity index (χ4v) is 0.312. The van der Waals surface area contributed by atoms with Crippen molar-refractivity contribution in [2.24, 2.45) is 0 Å². The minimum absolute atomic E-state index is 0.0249. The van der Waals surface area contributed by atoms with Gasteiger partial charge in [-0.05, 0) is 0 Å². The summed E-state index contributed by atoms with van der Waals surface area (Å²) in [6.45, 7) is 0.775. The second kappa shape index (κ2) is 5.97. The van der Waals surface area contributed by atoms with E-state index in [1.807, 2.05) is 0 Å². The maximum atomic E-state index is 8.57. The van der Waals surface area contributed by atoms with E-state index in [0.29, 0.717) is 6.61 Å². The SMILES string of the molecule is O[CH]C(O)COCCO. The second-order valence-electron chi connectivity index (χ2n) is 1.51. The van der Waals surface area contributed by atoms with Gasteiger partial charge >= 0.3 is 0 Å². The lowest BCUT2D eigenvalue weighted by Crippen LogP contribution is -2.16. The van der Waals surface area contributed by atoms with Crippen LogP contribution in [0.1, 0.15) is 0 Å². The first-order valence-electron chi connectivity index (χ1n) is 2.65. The number of hydrogen-bond donors (Lipinski definition) is 3. The standard InChI is InChI=1S/C5H11O4/c6-1-2-9-4-5(8)3-7/h3,5-8H,1-2,4H2. The van der Waals surface area contributed by atoms with Gasteiger partial charge in [-0.3, -0.25) is 0 Å². The van der Waals surface area contributed by atoms with Crippen molar-refractivity contribution in [2.75, 3.05) is 19.8 Å². The monoisotopic (exact) mass is 135 g/mol. The highest BCUT2D eigenvalue weighted by Crippen LogP contribution is 1.85. The van der Waals surface area contributed by atoms with Gasteiger partial charge in [-0.2, -0.15) is 0 Å². The lowest BCUT2D eigenvalue weighted by atomic mass is 10.4. The minimum Gasteiger partial charge on any atom is -0.394 e. The Morgan fingerprint density at radius 1 is 1.56 bits per heavy atom. The Labute approximate surface area is 53.7 Å². The number of rotatable bonds is 5. The van der Waals surface area contributed by atoms with Crippen LogP contribution in [0.25, 0.3) is 0 Å². The number of ether oxygens (including phenoxy) is 1. The third-order valence-electron chi connectivity index (χ3n) is 0.696. The van der Waals surface area contributed by atoms with Crippen molar-refractivity contribution < 1.29 is 20.1 Å². The average Bonchev–Trinajstić information content (AvgIpc) is 1.89. The van der Waals surface area contributed by atoms with Crippen LogP contribution in [0.5, 0.6) is 0 Å². The van der Waals surface area contributed by atoms with Crippen LogP contribution in [0, 0.1) is 6.61 Å². The molecular formula is C5H11O4. The summed E-state index contributed by atoms with van der Waals surface area (Å²) in [4.78, 5) is 0. The lowest BCUT2D eigenvalue weighted by Gasteiger charge is -2.05. The van der Waals surface area contributed by atoms with Crippen LogP contribution in [0.2, 0.25) is 0 Å². The number of aliphatic hydroxyl groups is 3. The van der Waals surface area contributed by atoms with E-state index in [4.69, 9.17) is 15.3 Å². The molecule has 1 atom stereocenters. The summed E-state index contributed by atoms with van der Waals surface area (Å²) in [5, 5.41) is 24.9. The quantitative estimate of drug-likeness (QED) is 0.418. The van der Waals surface area contributed by atoms with E-state index >= 15 is 0 Å². The molecule has 4 nitrogen and oxygen atoms in total. The first kappa shape index (κ1) is 8.84. The van der Waals surface area contributed by atoms with Crippen molar-refractivity contribution in [3.05, 3.63) is 6.61 Å². The summed E-state index contributed by atoms with van der Waals surface area (Å²) in [7, 11) is 0. The van der Waals surface area contributed by atoms with Gasteiger partial charge in [0.1, 0.15) is 12.7 Å². The molecule has 0 aliphatic carbocycles. The molecule has 55 valence electrons. The topological polar surface area (TPSA) is 69.9 Å². The largest absolute Gasteiger partial charge is 0.394 e. The fourth-order valence-electron chi connectivity index (χ4n) is 0.312. The number of hydrogen-bond acceptors (Lipinski definition) is 4. The molecule has 0 saturated heterocycles. The first-order valence-corrected chi connectivity index (χ1v) is 2.65. The van der Waals surface area contributed by atoms with Crippen molar-refractivity contribution in [1.29, 1.82) is 0 Å². The zero-order valence-corrected chi connectivity index (χ0v) is 5.03. The summed E-state index contributed by atoms with van der Waals surface area (Å²) in [5.41, 5.74) is 0. The van der Waals surface area contributed by atoms with Gasteiger partial charge in [-0.25, -0.2) is 0 Å². The van der Waals surface area contributed by atoms with E-state index < -0.39 is 6.10 Å². The summed E-state index contributed by atoms with van der Waals surface area (Å²) >= 11 is 0. The van der Waals surface area contributed by atoms with E-state index in [1.165, 1.54) is 0 Å². The molecule has 0 aliphatic heterocycles. The van der Waals surface area contributed by atoms with Gasteiger partial charge in [-0.1, -0.05) is 0 Å². The molecule has 9 heavy (non-hydrogen) atoms. The molecule has 0 spiro atoms. The maximum absolute atomic E-state index is 8.57. The molecule has 0 aromatic rings. The predicted molar refractivity (Wildman–Crippen MR) is 30.1 cm³/mol. The van der Waals surface area contributed by atoms with E-state index in [-0.39, 0.29) is 19.8 Å². The van der Waals surface area contributed by atoms with E-state index in [2.05, 4.69) is 4.74 Å². The van der Waals surface area contributed by atoms with Crippen molar-refractivity contribution >= 4 is 0 Å². The molecular weight excluding hydrogens is 124 g/mol. The molecule has 0 amide bonds. The second-order valence-corrected chi connectivity index (χ2v) is 1.51. The van der Waals surface area contributed by atoms with Gasteiger partial charge in [0.2, 0.25) is 0 Å². The highest BCUT2D eigenvalue weighted by atomic mass is 16.5.